The van der Waals surface area contributed by atoms with Gasteiger partial charge in [-0.25, -0.2) is 9.97 Å². The fourth-order valence-electron chi connectivity index (χ4n) is 4.82. The number of aryl methyl sites for hydroxylation is 1. The molecular formula is C32H24N4O2. The zero-order valence-electron chi connectivity index (χ0n) is 20.8. The molecular weight excluding hydrogens is 472 g/mol. The number of hydrogen-bond acceptors (Lipinski definition) is 6. The Labute approximate surface area is 220 Å². The van der Waals surface area contributed by atoms with Crippen LogP contribution in [0.25, 0.3) is 33.3 Å². The Balaban J connectivity index is 1.15. The Morgan fingerprint density at radius 2 is 1.50 bits per heavy atom. The van der Waals surface area contributed by atoms with Crippen molar-refractivity contribution in [1.82, 2.24) is 9.97 Å². The van der Waals surface area contributed by atoms with Crippen molar-refractivity contribution in [2.75, 3.05) is 16.5 Å². The van der Waals surface area contributed by atoms with Crippen molar-refractivity contribution in [1.29, 1.82) is 0 Å². The van der Waals surface area contributed by atoms with Gasteiger partial charge in [0.25, 0.3) is 0 Å². The average molecular weight is 497 g/mol. The van der Waals surface area contributed by atoms with Crippen molar-refractivity contribution in [2.45, 2.75) is 6.92 Å². The molecule has 0 saturated heterocycles. The quantitative estimate of drug-likeness (QED) is 0.242. The Bertz CT molecular complexity index is 1810. The molecule has 7 rings (SSSR count). The number of para-hydroxylation sites is 2. The van der Waals surface area contributed by atoms with Gasteiger partial charge in [0.1, 0.15) is 11.3 Å². The highest BCUT2D eigenvalue weighted by Crippen LogP contribution is 2.35. The first kappa shape index (κ1) is 22.1. The number of pyridine rings is 2. The Morgan fingerprint density at radius 1 is 0.711 bits per heavy atom. The maximum atomic E-state index is 6.22. The fraction of sp³-hybridized carbons (Fsp3) is 0.0625. The number of nitrogens with zero attached hydrogens (tertiary/aromatic N) is 4. The zero-order valence-corrected chi connectivity index (χ0v) is 20.8. The molecule has 3 aromatic carbocycles. The first-order valence-electron chi connectivity index (χ1n) is 12.5. The van der Waals surface area contributed by atoms with Gasteiger partial charge >= 0.3 is 0 Å². The Hall–Kier alpha value is -5.10. The molecule has 0 radical (unpaired) electrons. The van der Waals surface area contributed by atoms with Gasteiger partial charge in [-0.15, -0.1) is 0 Å². The van der Waals surface area contributed by atoms with Crippen LogP contribution in [0.5, 0.6) is 11.6 Å². The SMILES string of the molecule is Cc1ccc2c(n1)oc1c(-c3cccc(Oc4cccc(N5C=CN(c6ccccc6)C5)c4)n3)cccc12. The topological polar surface area (TPSA) is 54.6 Å². The zero-order chi connectivity index (χ0) is 25.5. The van der Waals surface area contributed by atoms with Crippen molar-refractivity contribution in [2.24, 2.45) is 0 Å². The van der Waals surface area contributed by atoms with Gasteiger partial charge in [0.05, 0.1) is 12.4 Å². The minimum Gasteiger partial charge on any atom is -0.439 e. The second-order valence-electron chi connectivity index (χ2n) is 9.26. The van der Waals surface area contributed by atoms with Gasteiger partial charge in [-0.3, -0.25) is 0 Å². The fourth-order valence-corrected chi connectivity index (χ4v) is 4.82. The molecule has 4 heterocycles. The summed E-state index contributed by atoms with van der Waals surface area (Å²) in [6, 6.07) is 34.3. The van der Waals surface area contributed by atoms with E-state index in [2.05, 4.69) is 57.5 Å². The predicted molar refractivity (Wildman–Crippen MR) is 151 cm³/mol. The summed E-state index contributed by atoms with van der Waals surface area (Å²) in [5.74, 6) is 1.24. The first-order valence-corrected chi connectivity index (χ1v) is 12.5. The van der Waals surface area contributed by atoms with Crippen LogP contribution in [-0.4, -0.2) is 16.6 Å². The van der Waals surface area contributed by atoms with E-state index >= 15 is 0 Å². The van der Waals surface area contributed by atoms with Crippen LogP contribution in [-0.2, 0) is 0 Å². The van der Waals surface area contributed by atoms with E-state index in [1.807, 2.05) is 79.7 Å². The monoisotopic (exact) mass is 496 g/mol. The van der Waals surface area contributed by atoms with Gasteiger partial charge in [-0.1, -0.05) is 42.5 Å². The van der Waals surface area contributed by atoms with E-state index in [1.54, 1.807) is 0 Å². The highest BCUT2D eigenvalue weighted by Gasteiger charge is 2.17. The number of anilines is 2. The summed E-state index contributed by atoms with van der Waals surface area (Å²) >= 11 is 0. The summed E-state index contributed by atoms with van der Waals surface area (Å²) in [6.07, 6.45) is 4.17. The van der Waals surface area contributed by atoms with Gasteiger partial charge in [0.2, 0.25) is 11.6 Å². The average Bonchev–Trinajstić information content (AvgIpc) is 3.59. The third-order valence-electron chi connectivity index (χ3n) is 6.69. The lowest BCUT2D eigenvalue weighted by Crippen LogP contribution is -2.24. The standard InChI is InChI=1S/C32H24N4O2/c1-22-16-17-27-26-12-6-13-28(31(26)38-32(27)33-22)29-14-7-15-30(34-29)37-25-11-5-10-24(20-25)36-19-18-35(21-36)23-8-3-2-4-9-23/h2-20H,21H2,1H3. The van der Waals surface area contributed by atoms with Crippen molar-refractivity contribution >= 4 is 33.4 Å². The molecule has 0 fully saturated rings. The van der Waals surface area contributed by atoms with E-state index in [0.717, 1.165) is 57.1 Å². The van der Waals surface area contributed by atoms with Crippen LogP contribution in [0, 0.1) is 6.92 Å². The number of ether oxygens (including phenoxy) is 1. The molecule has 1 aliphatic rings. The molecule has 6 aromatic rings. The molecule has 1 aliphatic heterocycles. The van der Waals surface area contributed by atoms with E-state index in [0.29, 0.717) is 11.6 Å². The van der Waals surface area contributed by atoms with Gasteiger partial charge < -0.3 is 19.0 Å². The first-order chi connectivity index (χ1) is 18.7. The van der Waals surface area contributed by atoms with Crippen molar-refractivity contribution in [3.63, 3.8) is 0 Å². The lowest BCUT2D eigenvalue weighted by molar-refractivity contribution is 0.463. The Morgan fingerprint density at radius 3 is 2.39 bits per heavy atom. The number of hydrogen-bond donors (Lipinski definition) is 0. The second-order valence-corrected chi connectivity index (χ2v) is 9.26. The second kappa shape index (κ2) is 9.09. The number of fused-ring (bicyclic) bond motifs is 3. The molecule has 0 saturated carbocycles. The van der Waals surface area contributed by atoms with Crippen LogP contribution in [0.1, 0.15) is 5.69 Å². The van der Waals surface area contributed by atoms with Gasteiger partial charge in [-0.2, -0.15) is 0 Å². The van der Waals surface area contributed by atoms with Crippen LogP contribution in [0.15, 0.2) is 120 Å². The maximum Gasteiger partial charge on any atom is 0.227 e. The summed E-state index contributed by atoms with van der Waals surface area (Å²) in [6.45, 7) is 2.70. The minimum absolute atomic E-state index is 0.518. The summed E-state index contributed by atoms with van der Waals surface area (Å²) in [5, 5.41) is 2.02. The van der Waals surface area contributed by atoms with Crippen molar-refractivity contribution < 1.29 is 9.15 Å². The molecule has 0 amide bonds. The molecule has 38 heavy (non-hydrogen) atoms. The molecule has 6 heteroatoms. The summed E-state index contributed by atoms with van der Waals surface area (Å²) in [4.78, 5) is 13.8. The van der Waals surface area contributed by atoms with Crippen LogP contribution in [0.3, 0.4) is 0 Å². The molecule has 0 aliphatic carbocycles. The van der Waals surface area contributed by atoms with Crippen LogP contribution >= 0.6 is 0 Å². The lowest BCUT2D eigenvalue weighted by Gasteiger charge is -2.21. The number of rotatable bonds is 5. The molecule has 184 valence electrons. The van der Waals surface area contributed by atoms with E-state index in [4.69, 9.17) is 14.1 Å². The Kier molecular flexibility index (Phi) is 5.29. The predicted octanol–water partition coefficient (Wildman–Crippen LogP) is 7.90. The molecule has 6 nitrogen and oxygen atoms in total. The number of furan rings is 1. The van der Waals surface area contributed by atoms with Gasteiger partial charge in [-0.05, 0) is 55.5 Å². The highest BCUT2D eigenvalue weighted by molar-refractivity contribution is 6.08. The van der Waals surface area contributed by atoms with Crippen LogP contribution < -0.4 is 14.5 Å². The summed E-state index contributed by atoms with van der Waals surface area (Å²) in [7, 11) is 0. The highest BCUT2D eigenvalue weighted by atomic mass is 16.5. The molecule has 0 atom stereocenters. The number of aromatic nitrogens is 2. The van der Waals surface area contributed by atoms with Gasteiger partial charge in [0, 0.05) is 57.9 Å². The number of benzene rings is 3. The molecule has 0 unspecified atom stereocenters. The van der Waals surface area contributed by atoms with Crippen molar-refractivity contribution in [3.05, 3.63) is 121 Å². The normalized spacial score (nSPS) is 13.1. The smallest absolute Gasteiger partial charge is 0.227 e. The van der Waals surface area contributed by atoms with Crippen LogP contribution in [0.2, 0.25) is 0 Å². The third-order valence-corrected chi connectivity index (χ3v) is 6.69. The van der Waals surface area contributed by atoms with Crippen molar-refractivity contribution in [3.8, 4) is 22.9 Å². The van der Waals surface area contributed by atoms with Gasteiger partial charge in [0.15, 0.2) is 0 Å². The van der Waals surface area contributed by atoms with E-state index < -0.39 is 0 Å². The largest absolute Gasteiger partial charge is 0.439 e. The van der Waals surface area contributed by atoms with E-state index in [1.165, 1.54) is 0 Å². The lowest BCUT2D eigenvalue weighted by atomic mass is 10.1. The molecule has 3 aromatic heterocycles. The molecule has 0 N–H and O–H groups in total. The summed E-state index contributed by atoms with van der Waals surface area (Å²) in [5.41, 5.74) is 6.22. The third kappa shape index (κ3) is 4.02. The maximum absolute atomic E-state index is 6.22. The summed E-state index contributed by atoms with van der Waals surface area (Å²) < 4.78 is 12.4. The van der Waals surface area contributed by atoms with Crippen LogP contribution in [0.4, 0.5) is 11.4 Å². The van der Waals surface area contributed by atoms with E-state index in [9.17, 15) is 0 Å². The minimum atomic E-state index is 0.518. The van der Waals surface area contributed by atoms with E-state index in [-0.39, 0.29) is 0 Å². The molecule has 0 bridgehead atoms. The molecule has 0 spiro atoms.